The molecule has 2 rings (SSSR count). The van der Waals surface area contributed by atoms with Gasteiger partial charge in [0.05, 0.1) is 25.5 Å². The van der Waals surface area contributed by atoms with Gasteiger partial charge in [-0.25, -0.2) is 4.79 Å². The third-order valence-corrected chi connectivity index (χ3v) is 2.47. The van der Waals surface area contributed by atoms with Crippen LogP contribution < -0.4 is 5.32 Å². The smallest absolute Gasteiger partial charge is 0.373 e. The van der Waals surface area contributed by atoms with Crippen LogP contribution in [0.25, 0.3) is 0 Å². The molecule has 0 aliphatic heterocycles. The van der Waals surface area contributed by atoms with E-state index in [1.54, 1.807) is 18.3 Å². The minimum absolute atomic E-state index is 0.207. The van der Waals surface area contributed by atoms with Crippen molar-refractivity contribution in [3.63, 3.8) is 0 Å². The standard InChI is InChI=1S/C12H15N3O3/c1-3-15-8-9(6-14-15)13-7-10-4-5-11(18-10)12(16)17-2/h4-6,8,13H,3,7H2,1-2H3. The van der Waals surface area contributed by atoms with Gasteiger partial charge in [-0.2, -0.15) is 5.10 Å². The average Bonchev–Trinajstić information content (AvgIpc) is 3.04. The lowest BCUT2D eigenvalue weighted by molar-refractivity contribution is 0.0563. The molecule has 1 N–H and O–H groups in total. The van der Waals surface area contributed by atoms with E-state index in [4.69, 9.17) is 4.42 Å². The highest BCUT2D eigenvalue weighted by Gasteiger charge is 2.10. The molecule has 6 nitrogen and oxygen atoms in total. The van der Waals surface area contributed by atoms with Crippen LogP contribution in [0.3, 0.4) is 0 Å². The molecule has 0 aliphatic carbocycles. The van der Waals surface area contributed by atoms with E-state index in [0.29, 0.717) is 12.3 Å². The van der Waals surface area contributed by atoms with Crippen molar-refractivity contribution in [1.82, 2.24) is 9.78 Å². The molecule has 0 fully saturated rings. The van der Waals surface area contributed by atoms with Crippen molar-refractivity contribution in [3.8, 4) is 0 Å². The zero-order chi connectivity index (χ0) is 13.0. The van der Waals surface area contributed by atoms with E-state index in [-0.39, 0.29) is 5.76 Å². The molecule has 0 aromatic carbocycles. The lowest BCUT2D eigenvalue weighted by atomic mass is 10.4. The van der Waals surface area contributed by atoms with Crippen LogP contribution in [0.2, 0.25) is 0 Å². The van der Waals surface area contributed by atoms with Crippen LogP contribution in [0.5, 0.6) is 0 Å². The van der Waals surface area contributed by atoms with Gasteiger partial charge in [0.1, 0.15) is 5.76 Å². The molecule has 2 aromatic heterocycles. The molecule has 96 valence electrons. The number of rotatable bonds is 5. The molecule has 0 unspecified atom stereocenters. The summed E-state index contributed by atoms with van der Waals surface area (Å²) in [6.45, 7) is 3.34. The molecule has 0 amide bonds. The van der Waals surface area contributed by atoms with Gasteiger partial charge in [-0.1, -0.05) is 0 Å². The lowest BCUT2D eigenvalue weighted by Gasteiger charge is -2.00. The van der Waals surface area contributed by atoms with Crippen molar-refractivity contribution in [1.29, 1.82) is 0 Å². The van der Waals surface area contributed by atoms with Crippen molar-refractivity contribution in [2.24, 2.45) is 0 Å². The summed E-state index contributed by atoms with van der Waals surface area (Å²) >= 11 is 0. The summed E-state index contributed by atoms with van der Waals surface area (Å²) in [5, 5.41) is 7.30. The Bertz CT molecular complexity index is 530. The fourth-order valence-electron chi connectivity index (χ4n) is 1.50. The van der Waals surface area contributed by atoms with Crippen LogP contribution in [0.15, 0.2) is 28.9 Å². The number of esters is 1. The van der Waals surface area contributed by atoms with E-state index in [1.807, 2.05) is 17.8 Å². The quantitative estimate of drug-likeness (QED) is 0.819. The van der Waals surface area contributed by atoms with Crippen LogP contribution >= 0.6 is 0 Å². The van der Waals surface area contributed by atoms with Gasteiger partial charge in [-0.15, -0.1) is 0 Å². The van der Waals surface area contributed by atoms with E-state index in [2.05, 4.69) is 15.2 Å². The Kier molecular flexibility index (Phi) is 3.66. The summed E-state index contributed by atoms with van der Waals surface area (Å²) in [7, 11) is 1.32. The van der Waals surface area contributed by atoms with Crippen molar-refractivity contribution in [3.05, 3.63) is 36.0 Å². The molecule has 0 saturated carbocycles. The molecule has 18 heavy (non-hydrogen) atoms. The Labute approximate surface area is 105 Å². The zero-order valence-electron chi connectivity index (χ0n) is 10.3. The molecular weight excluding hydrogens is 234 g/mol. The number of carbonyl (C=O) groups is 1. The number of nitrogens with one attached hydrogen (secondary N) is 1. The predicted molar refractivity (Wildman–Crippen MR) is 65.3 cm³/mol. The number of nitrogens with zero attached hydrogens (tertiary/aromatic N) is 2. The third-order valence-electron chi connectivity index (χ3n) is 2.47. The second kappa shape index (κ2) is 5.39. The van der Waals surface area contributed by atoms with Gasteiger partial charge >= 0.3 is 5.97 Å². The molecule has 0 bridgehead atoms. The monoisotopic (exact) mass is 249 g/mol. The average molecular weight is 249 g/mol. The molecule has 0 aliphatic rings. The summed E-state index contributed by atoms with van der Waals surface area (Å²) in [6, 6.07) is 3.34. The van der Waals surface area contributed by atoms with Gasteiger partial charge in [0.15, 0.2) is 0 Å². The highest BCUT2D eigenvalue weighted by Crippen LogP contribution is 2.12. The number of ether oxygens (including phenoxy) is 1. The van der Waals surface area contributed by atoms with E-state index < -0.39 is 5.97 Å². The topological polar surface area (TPSA) is 69.3 Å². The molecule has 0 saturated heterocycles. The normalized spacial score (nSPS) is 10.3. The first-order chi connectivity index (χ1) is 8.72. The van der Waals surface area contributed by atoms with Crippen molar-refractivity contribution < 1.29 is 13.9 Å². The molecule has 2 heterocycles. The van der Waals surface area contributed by atoms with Gasteiger partial charge in [-0.3, -0.25) is 4.68 Å². The number of anilines is 1. The Morgan fingerprint density at radius 2 is 2.39 bits per heavy atom. The third kappa shape index (κ3) is 2.71. The van der Waals surface area contributed by atoms with Gasteiger partial charge < -0.3 is 14.5 Å². The van der Waals surface area contributed by atoms with Crippen LogP contribution in [0, 0.1) is 0 Å². The number of aromatic nitrogens is 2. The molecular formula is C12H15N3O3. The van der Waals surface area contributed by atoms with E-state index in [1.165, 1.54) is 7.11 Å². The maximum atomic E-state index is 11.2. The Hall–Kier alpha value is -2.24. The number of aryl methyl sites for hydroxylation is 1. The van der Waals surface area contributed by atoms with E-state index in [0.717, 1.165) is 12.2 Å². The first kappa shape index (κ1) is 12.2. The first-order valence-corrected chi connectivity index (χ1v) is 5.66. The van der Waals surface area contributed by atoms with Crippen molar-refractivity contribution in [2.45, 2.75) is 20.0 Å². The second-order valence-electron chi connectivity index (χ2n) is 3.70. The summed E-state index contributed by atoms with van der Waals surface area (Å²) in [5.41, 5.74) is 0.910. The zero-order valence-corrected chi connectivity index (χ0v) is 10.3. The van der Waals surface area contributed by atoms with Crippen LogP contribution in [0.1, 0.15) is 23.2 Å². The Balaban J connectivity index is 1.93. The van der Waals surface area contributed by atoms with E-state index >= 15 is 0 Å². The molecule has 0 atom stereocenters. The Morgan fingerprint density at radius 1 is 1.56 bits per heavy atom. The van der Waals surface area contributed by atoms with Crippen LogP contribution in [-0.4, -0.2) is 22.9 Å². The molecule has 0 spiro atoms. The van der Waals surface area contributed by atoms with Gasteiger partial charge in [0.2, 0.25) is 5.76 Å². The highest BCUT2D eigenvalue weighted by atomic mass is 16.5. The molecule has 2 aromatic rings. The van der Waals surface area contributed by atoms with Crippen molar-refractivity contribution >= 4 is 11.7 Å². The molecule has 0 radical (unpaired) electrons. The van der Waals surface area contributed by atoms with Gasteiger partial charge in [-0.05, 0) is 19.1 Å². The number of hydrogen-bond acceptors (Lipinski definition) is 5. The summed E-state index contributed by atoms with van der Waals surface area (Å²) < 4.78 is 11.7. The maximum Gasteiger partial charge on any atom is 0.373 e. The Morgan fingerprint density at radius 3 is 3.06 bits per heavy atom. The summed E-state index contributed by atoms with van der Waals surface area (Å²) in [6.07, 6.45) is 3.65. The largest absolute Gasteiger partial charge is 0.463 e. The number of hydrogen-bond donors (Lipinski definition) is 1. The van der Waals surface area contributed by atoms with Gasteiger partial charge in [0, 0.05) is 12.7 Å². The first-order valence-electron chi connectivity index (χ1n) is 5.66. The summed E-state index contributed by atoms with van der Waals surface area (Å²) in [4.78, 5) is 11.2. The fraction of sp³-hybridized carbons (Fsp3) is 0.333. The minimum atomic E-state index is -0.472. The lowest BCUT2D eigenvalue weighted by Crippen LogP contribution is -1.99. The number of carbonyl (C=O) groups excluding carboxylic acids is 1. The van der Waals surface area contributed by atoms with E-state index in [9.17, 15) is 4.79 Å². The molecule has 6 heteroatoms. The maximum absolute atomic E-state index is 11.2. The second-order valence-corrected chi connectivity index (χ2v) is 3.70. The van der Waals surface area contributed by atoms with Crippen molar-refractivity contribution in [2.75, 3.05) is 12.4 Å². The van der Waals surface area contributed by atoms with Crippen LogP contribution in [0.4, 0.5) is 5.69 Å². The SMILES string of the molecule is CCn1cc(NCc2ccc(C(=O)OC)o2)cn1. The number of furan rings is 1. The number of methoxy groups -OCH3 is 1. The highest BCUT2D eigenvalue weighted by molar-refractivity contribution is 5.86. The summed E-state index contributed by atoms with van der Waals surface area (Å²) in [5.74, 6) is 0.401. The predicted octanol–water partition coefficient (Wildman–Crippen LogP) is 1.89. The van der Waals surface area contributed by atoms with Crippen LogP contribution in [-0.2, 0) is 17.8 Å². The minimum Gasteiger partial charge on any atom is -0.463 e. The van der Waals surface area contributed by atoms with Gasteiger partial charge in [0.25, 0.3) is 0 Å². The fourth-order valence-corrected chi connectivity index (χ4v) is 1.50.